The molecule has 3 aromatic carbocycles. The van der Waals surface area contributed by atoms with Crippen molar-refractivity contribution in [2.75, 3.05) is 23.4 Å². The monoisotopic (exact) mass is 707 g/mol. The Bertz CT molecular complexity index is 1640. The number of aliphatic hydroxyl groups is 1. The number of benzene rings is 3. The van der Waals surface area contributed by atoms with Gasteiger partial charge in [-0.1, -0.05) is 53.2 Å². The van der Waals surface area contributed by atoms with Crippen molar-refractivity contribution in [1.82, 2.24) is 4.90 Å². The molecule has 46 heavy (non-hydrogen) atoms. The van der Waals surface area contributed by atoms with E-state index in [1.807, 2.05) is 55.5 Å². The average Bonchev–Trinajstić information content (AvgIpc) is 3.69. The summed E-state index contributed by atoms with van der Waals surface area (Å²) in [6.07, 6.45) is 0.721. The van der Waals surface area contributed by atoms with Gasteiger partial charge in [-0.25, -0.2) is 0 Å². The molecule has 1 spiro atoms. The molecule has 0 radical (unpaired) electrons. The average molecular weight is 709 g/mol. The number of amides is 3. The van der Waals surface area contributed by atoms with Crippen LogP contribution in [0.25, 0.3) is 0 Å². The van der Waals surface area contributed by atoms with Gasteiger partial charge in [0, 0.05) is 39.3 Å². The van der Waals surface area contributed by atoms with Gasteiger partial charge >= 0.3 is 0 Å². The van der Waals surface area contributed by atoms with E-state index in [4.69, 9.17) is 4.74 Å². The molecule has 0 aromatic heterocycles. The van der Waals surface area contributed by atoms with E-state index in [0.717, 1.165) is 22.9 Å². The molecule has 3 aromatic rings. The number of anilines is 2. The summed E-state index contributed by atoms with van der Waals surface area (Å²) in [7, 11) is -3.44. The summed E-state index contributed by atoms with van der Waals surface area (Å²) in [5, 5.41) is 12.7. The number of likely N-dealkylation sites (tertiary alicyclic amines) is 1. The molecule has 2 fully saturated rings. The third-order valence-electron chi connectivity index (χ3n) is 9.80. The molecular formula is C35H39BrFN3O5Si. The predicted molar refractivity (Wildman–Crippen MR) is 181 cm³/mol. The lowest BCUT2D eigenvalue weighted by Gasteiger charge is -2.31. The van der Waals surface area contributed by atoms with E-state index >= 15 is 4.11 Å². The molecule has 3 amide bonds. The molecule has 6 rings (SSSR count). The van der Waals surface area contributed by atoms with Crippen LogP contribution in [0.4, 0.5) is 15.5 Å². The number of hydrogen-bond donors (Lipinski definition) is 2. The smallest absolute Gasteiger partial charge is 0.264 e. The number of halogens is 2. The minimum atomic E-state index is -3.44. The van der Waals surface area contributed by atoms with Gasteiger partial charge in [0.15, 0.2) is 5.60 Å². The van der Waals surface area contributed by atoms with E-state index < -0.39 is 31.6 Å². The van der Waals surface area contributed by atoms with Gasteiger partial charge in [-0.05, 0) is 74.0 Å². The van der Waals surface area contributed by atoms with Crippen molar-refractivity contribution in [3.8, 4) is 0 Å². The molecule has 3 aliphatic rings. The molecule has 242 valence electrons. The lowest BCUT2D eigenvalue weighted by molar-refractivity contribution is -0.150. The van der Waals surface area contributed by atoms with E-state index in [1.165, 1.54) is 0 Å². The number of fused-ring (bicyclic) bond motifs is 2. The Morgan fingerprint density at radius 3 is 2.50 bits per heavy atom. The Balaban J connectivity index is 1.28. The Labute approximate surface area is 278 Å². The van der Waals surface area contributed by atoms with Crippen LogP contribution in [0.2, 0.25) is 18.6 Å². The lowest BCUT2D eigenvalue weighted by atomic mass is 9.82. The number of nitrogens with one attached hydrogen (secondary N) is 1. The number of aliphatic hydroxyl groups excluding tert-OH is 1. The van der Waals surface area contributed by atoms with E-state index in [2.05, 4.69) is 21.2 Å². The first-order valence-electron chi connectivity index (χ1n) is 15.8. The maximum atomic E-state index is 16.2. The zero-order chi connectivity index (χ0) is 32.8. The zero-order valence-corrected chi connectivity index (χ0v) is 28.8. The fraction of sp³-hybridized carbons (Fsp3) is 0.400. The molecule has 11 heteroatoms. The van der Waals surface area contributed by atoms with Gasteiger partial charge in [0.25, 0.3) is 11.8 Å². The summed E-state index contributed by atoms with van der Waals surface area (Å²) in [6, 6.07) is 21.7. The second-order valence-corrected chi connectivity index (χ2v) is 17.8. The Morgan fingerprint density at radius 1 is 1.11 bits per heavy atom. The van der Waals surface area contributed by atoms with Crippen molar-refractivity contribution in [3.63, 3.8) is 0 Å². The lowest BCUT2D eigenvalue weighted by Crippen LogP contribution is -2.45. The number of carbonyl (C=O) groups is 3. The summed E-state index contributed by atoms with van der Waals surface area (Å²) >= 11 is 3.57. The number of ether oxygens (including phenoxy) is 1. The van der Waals surface area contributed by atoms with Gasteiger partial charge < -0.3 is 29.1 Å². The van der Waals surface area contributed by atoms with Gasteiger partial charge in [-0.2, -0.15) is 0 Å². The summed E-state index contributed by atoms with van der Waals surface area (Å²) in [6.45, 7) is 5.81. The number of nitrogens with zero attached hydrogens (tertiary/aromatic N) is 2. The van der Waals surface area contributed by atoms with E-state index in [0.29, 0.717) is 29.0 Å². The molecule has 2 N–H and O–H groups in total. The third kappa shape index (κ3) is 5.82. The van der Waals surface area contributed by atoms with Crippen LogP contribution in [0, 0.1) is 5.92 Å². The summed E-state index contributed by atoms with van der Waals surface area (Å²) in [5.41, 5.74) is 1.33. The first-order chi connectivity index (χ1) is 21.9. The molecule has 3 aliphatic heterocycles. The van der Waals surface area contributed by atoms with E-state index in [-0.39, 0.29) is 43.3 Å². The number of carbonyl (C=O) groups excluding carboxylic acids is 3. The fourth-order valence-corrected chi connectivity index (χ4v) is 10.5. The first-order valence-corrected chi connectivity index (χ1v) is 19.5. The second-order valence-electron chi connectivity index (χ2n) is 13.1. The summed E-state index contributed by atoms with van der Waals surface area (Å²) < 4.78 is 23.7. The Morgan fingerprint density at radius 2 is 1.83 bits per heavy atom. The highest BCUT2D eigenvalue weighted by Gasteiger charge is 2.67. The first kappa shape index (κ1) is 32.6. The van der Waals surface area contributed by atoms with Crippen LogP contribution in [0.3, 0.4) is 0 Å². The highest BCUT2D eigenvalue weighted by atomic mass is 79.9. The van der Waals surface area contributed by atoms with Crippen LogP contribution >= 0.6 is 15.9 Å². The van der Waals surface area contributed by atoms with Crippen molar-refractivity contribution < 1.29 is 28.3 Å². The number of hydrogen-bond acceptors (Lipinski definition) is 5. The molecule has 3 heterocycles. The molecule has 0 bridgehead atoms. The Kier molecular flexibility index (Phi) is 8.97. The van der Waals surface area contributed by atoms with Crippen LogP contribution in [-0.2, 0) is 26.5 Å². The topological polar surface area (TPSA) is 99.2 Å². The summed E-state index contributed by atoms with van der Waals surface area (Å²) in [4.78, 5) is 44.1. The van der Waals surface area contributed by atoms with Crippen molar-refractivity contribution in [2.24, 2.45) is 5.92 Å². The highest BCUT2D eigenvalue weighted by molar-refractivity contribution is 9.10. The SMILES string of the molecule is C[C@H]1[C@H]([Si](C)(C)F)[C@@H](CC(=O)N2CCC[C@H]2CO)O[C@]12C(=O)N(Cc1ccc(NC(=O)c3ccccc3)cc1)c1ccc(Br)cc12. The van der Waals surface area contributed by atoms with Crippen LogP contribution < -0.4 is 10.2 Å². The number of rotatable bonds is 8. The van der Waals surface area contributed by atoms with Crippen molar-refractivity contribution in [2.45, 2.75) is 69.1 Å². The third-order valence-corrected chi connectivity index (χ3v) is 12.7. The minimum absolute atomic E-state index is 0.0413. The van der Waals surface area contributed by atoms with Crippen LogP contribution in [0.5, 0.6) is 0 Å². The molecule has 0 saturated carbocycles. The van der Waals surface area contributed by atoms with Crippen molar-refractivity contribution in [1.29, 1.82) is 0 Å². The van der Waals surface area contributed by atoms with Gasteiger partial charge in [0.05, 0.1) is 37.4 Å². The maximum Gasteiger partial charge on any atom is 0.264 e. The minimum Gasteiger partial charge on any atom is -0.394 e. The van der Waals surface area contributed by atoms with Crippen LogP contribution in [0.1, 0.15) is 47.7 Å². The van der Waals surface area contributed by atoms with Gasteiger partial charge in [0.2, 0.25) is 14.3 Å². The normalized spacial score (nSPS) is 25.7. The molecule has 2 saturated heterocycles. The van der Waals surface area contributed by atoms with Crippen molar-refractivity contribution >= 4 is 53.4 Å². The highest BCUT2D eigenvalue weighted by Crippen LogP contribution is 2.60. The fourth-order valence-electron chi connectivity index (χ4n) is 7.69. The second kappa shape index (κ2) is 12.7. The molecule has 0 unspecified atom stereocenters. The molecule has 8 nitrogen and oxygen atoms in total. The molecule has 0 aliphatic carbocycles. The summed E-state index contributed by atoms with van der Waals surface area (Å²) in [5.74, 6) is -1.19. The quantitative estimate of drug-likeness (QED) is 0.209. The zero-order valence-electron chi connectivity index (χ0n) is 26.2. The molecular weight excluding hydrogens is 669 g/mol. The van der Waals surface area contributed by atoms with Crippen LogP contribution in [-0.4, -0.2) is 61.4 Å². The molecule has 5 atom stereocenters. The van der Waals surface area contributed by atoms with Crippen molar-refractivity contribution in [3.05, 3.63) is 94.0 Å². The van der Waals surface area contributed by atoms with Gasteiger partial charge in [0.1, 0.15) is 0 Å². The largest absolute Gasteiger partial charge is 0.394 e. The standard InChI is InChI=1S/C35H39BrFN3O5Si/c1-22-32(46(2,3)37)30(19-31(42)39-17-7-10-27(39)21-41)45-35(22)28-18-25(36)13-16-29(28)40(34(35)44)20-23-11-14-26(15-12-23)38-33(43)24-8-5-4-6-9-24/h4-6,8-9,11-16,18,22,27,30,32,41H,7,10,17,19-21H2,1-3H3,(H,38,43)/t22-,27-,30+,32-,35+/m0/s1. The van der Waals surface area contributed by atoms with E-state index in [9.17, 15) is 19.5 Å². The maximum absolute atomic E-state index is 16.2. The predicted octanol–water partition coefficient (Wildman–Crippen LogP) is 6.40. The van der Waals surface area contributed by atoms with Gasteiger partial charge in [-0.3, -0.25) is 14.4 Å². The van der Waals surface area contributed by atoms with Gasteiger partial charge in [-0.15, -0.1) is 0 Å². The van der Waals surface area contributed by atoms with Crippen LogP contribution in [0.15, 0.2) is 77.3 Å². The Hall–Kier alpha value is -3.38. The van der Waals surface area contributed by atoms with E-state index in [1.54, 1.807) is 47.2 Å².